The average molecular weight is 329 g/mol. The molecule has 2 heteroatoms. The fourth-order valence-electron chi connectivity index (χ4n) is 4.70. The van der Waals surface area contributed by atoms with Gasteiger partial charge in [-0.2, -0.15) is 0 Å². The van der Waals surface area contributed by atoms with Gasteiger partial charge in [0.2, 0.25) is 0 Å². The molecule has 0 radical (unpaired) electrons. The van der Waals surface area contributed by atoms with Gasteiger partial charge in [-0.3, -0.25) is 0 Å². The van der Waals surface area contributed by atoms with Gasteiger partial charge < -0.3 is 5.11 Å². The average Bonchev–Trinajstić information content (AvgIpc) is 2.55. The zero-order chi connectivity index (χ0) is 16.2. The number of hydrogen-bond acceptors (Lipinski definition) is 2. The Morgan fingerprint density at radius 3 is 2.74 bits per heavy atom. The van der Waals surface area contributed by atoms with Gasteiger partial charge in [-0.1, -0.05) is 44.4 Å². The first-order valence-corrected chi connectivity index (χ1v) is 9.60. The van der Waals surface area contributed by atoms with Crippen LogP contribution in [-0.4, -0.2) is 5.11 Å². The number of rotatable bonds is 0. The Hall–Kier alpha value is -1.07. The predicted molar refractivity (Wildman–Crippen MR) is 99.8 cm³/mol. The highest BCUT2D eigenvalue weighted by Gasteiger charge is 2.31. The first-order valence-electron chi connectivity index (χ1n) is 9.15. The Kier molecular flexibility index (Phi) is 5.59. The van der Waals surface area contributed by atoms with Crippen LogP contribution in [0.4, 0.5) is 0 Å². The third-order valence-electron chi connectivity index (χ3n) is 6.09. The first kappa shape index (κ1) is 16.8. The van der Waals surface area contributed by atoms with E-state index in [0.29, 0.717) is 23.5 Å². The molecule has 0 bridgehead atoms. The van der Waals surface area contributed by atoms with Crippen LogP contribution in [0.2, 0.25) is 0 Å². The van der Waals surface area contributed by atoms with Crippen molar-refractivity contribution in [3.05, 3.63) is 29.3 Å². The molecule has 4 atom stereocenters. The Morgan fingerprint density at radius 2 is 1.91 bits per heavy atom. The van der Waals surface area contributed by atoms with Crippen LogP contribution >= 0.6 is 12.6 Å². The summed E-state index contributed by atoms with van der Waals surface area (Å²) in [6, 6.07) is 6.05. The molecule has 1 fully saturated rings. The summed E-state index contributed by atoms with van der Waals surface area (Å²) in [6.45, 7) is 2.36. The molecule has 1 nitrogen and oxygen atoms in total. The molecule has 1 saturated carbocycles. The minimum Gasteiger partial charge on any atom is -0.508 e. The molecule has 4 unspecified atom stereocenters. The Labute approximate surface area is 146 Å². The lowest BCUT2D eigenvalue weighted by molar-refractivity contribution is 0.267. The summed E-state index contributed by atoms with van der Waals surface area (Å²) in [5, 5.41) is 12.6. The van der Waals surface area contributed by atoms with Crippen molar-refractivity contribution < 1.29 is 5.11 Å². The van der Waals surface area contributed by atoms with Crippen LogP contribution in [0.1, 0.15) is 68.9 Å². The van der Waals surface area contributed by atoms with E-state index in [-0.39, 0.29) is 0 Å². The summed E-state index contributed by atoms with van der Waals surface area (Å²) in [7, 11) is 0. The summed E-state index contributed by atoms with van der Waals surface area (Å²) in [4.78, 5) is 0. The van der Waals surface area contributed by atoms with E-state index < -0.39 is 0 Å². The van der Waals surface area contributed by atoms with Gasteiger partial charge in [0.1, 0.15) is 5.75 Å². The highest BCUT2D eigenvalue weighted by atomic mass is 32.1. The third kappa shape index (κ3) is 3.89. The molecule has 0 amide bonds. The van der Waals surface area contributed by atoms with Gasteiger partial charge in [-0.05, 0) is 84.8 Å². The molecule has 23 heavy (non-hydrogen) atoms. The molecule has 0 aromatic heterocycles. The molecule has 0 spiro atoms. The van der Waals surface area contributed by atoms with E-state index in [1.165, 1.54) is 56.1 Å². The van der Waals surface area contributed by atoms with Crippen LogP contribution in [0.25, 0.3) is 0 Å². The highest BCUT2D eigenvalue weighted by molar-refractivity contribution is 7.85. The molecule has 1 aromatic carbocycles. The Bertz CT molecular complexity index is 598. The lowest BCUT2D eigenvalue weighted by atomic mass is 9.69. The van der Waals surface area contributed by atoms with Crippen LogP contribution in [0, 0.1) is 28.9 Å². The van der Waals surface area contributed by atoms with E-state index in [9.17, 15) is 5.11 Å². The second-order valence-electron chi connectivity index (χ2n) is 7.49. The zero-order valence-electron chi connectivity index (χ0n) is 14.1. The van der Waals surface area contributed by atoms with Crippen LogP contribution in [0.3, 0.4) is 0 Å². The molecule has 0 saturated heterocycles. The number of aryl methyl sites for hydroxylation is 1. The maximum atomic E-state index is 9.78. The van der Waals surface area contributed by atoms with Gasteiger partial charge in [0.15, 0.2) is 0 Å². The summed E-state index contributed by atoms with van der Waals surface area (Å²) in [5.74, 6) is 6.40. The van der Waals surface area contributed by atoms with E-state index in [1.54, 1.807) is 0 Å². The largest absolute Gasteiger partial charge is 0.508 e. The summed E-state index contributed by atoms with van der Waals surface area (Å²) in [6.07, 6.45) is 10.1. The monoisotopic (exact) mass is 328 g/mol. The quantitative estimate of drug-likeness (QED) is 0.473. The van der Waals surface area contributed by atoms with Gasteiger partial charge in [-0.15, -0.1) is 0 Å². The molecule has 2 aliphatic rings. The molecule has 1 aromatic rings. The fourth-order valence-corrected chi connectivity index (χ4v) is 4.87. The second kappa shape index (κ2) is 7.67. The SMILES string of the molecule is CC1CCC2c3ccc(O)cc3CCC2CCCCC1C#CS. The molecule has 2 aliphatic carbocycles. The predicted octanol–water partition coefficient (Wildman–Crippen LogP) is 5.54. The number of thiol groups is 1. The Balaban J connectivity index is 1.82. The summed E-state index contributed by atoms with van der Waals surface area (Å²) >= 11 is 4.12. The van der Waals surface area contributed by atoms with Crippen molar-refractivity contribution in [2.45, 2.75) is 64.2 Å². The van der Waals surface area contributed by atoms with Crippen LogP contribution in [0.5, 0.6) is 5.75 Å². The minimum absolute atomic E-state index is 0.416. The maximum absolute atomic E-state index is 9.78. The van der Waals surface area contributed by atoms with Crippen molar-refractivity contribution in [2.24, 2.45) is 17.8 Å². The van der Waals surface area contributed by atoms with Crippen LogP contribution < -0.4 is 0 Å². The van der Waals surface area contributed by atoms with E-state index in [0.717, 1.165) is 12.3 Å². The number of hydrogen-bond donors (Lipinski definition) is 2. The van der Waals surface area contributed by atoms with Crippen molar-refractivity contribution in [1.82, 2.24) is 0 Å². The normalized spacial score (nSPS) is 31.2. The maximum Gasteiger partial charge on any atom is 0.115 e. The van der Waals surface area contributed by atoms with E-state index >= 15 is 0 Å². The third-order valence-corrected chi connectivity index (χ3v) is 6.22. The number of phenolic OH excluding ortho intramolecular Hbond substituents is 1. The molecule has 0 aliphatic heterocycles. The van der Waals surface area contributed by atoms with Crippen LogP contribution in [-0.2, 0) is 6.42 Å². The lowest BCUT2D eigenvalue weighted by Crippen LogP contribution is -2.23. The Morgan fingerprint density at radius 1 is 1.09 bits per heavy atom. The second-order valence-corrected chi connectivity index (χ2v) is 7.71. The molecular formula is C21H28OS. The number of fused-ring (bicyclic) bond motifs is 3. The minimum atomic E-state index is 0.416. The van der Waals surface area contributed by atoms with E-state index in [4.69, 9.17) is 0 Å². The van der Waals surface area contributed by atoms with Crippen molar-refractivity contribution in [2.75, 3.05) is 0 Å². The van der Waals surface area contributed by atoms with E-state index in [2.05, 4.69) is 36.8 Å². The van der Waals surface area contributed by atoms with Crippen molar-refractivity contribution in [3.63, 3.8) is 0 Å². The summed E-state index contributed by atoms with van der Waals surface area (Å²) in [5.41, 5.74) is 2.88. The van der Waals surface area contributed by atoms with E-state index in [1.807, 2.05) is 12.1 Å². The molecule has 1 N–H and O–H groups in total. The molecule has 124 valence electrons. The van der Waals surface area contributed by atoms with Gasteiger partial charge in [0, 0.05) is 5.92 Å². The van der Waals surface area contributed by atoms with Gasteiger partial charge in [-0.25, -0.2) is 0 Å². The molecule has 0 heterocycles. The fraction of sp³-hybridized carbons (Fsp3) is 0.619. The standard InChI is InChI=1S/C21H28OS/c1-15-6-10-20-17(5-3-2-4-16(15)12-13-23)7-8-18-14-19(22)9-11-21(18)20/h9,11,14-17,20,22-23H,2-8,10H2,1H3. The zero-order valence-corrected chi connectivity index (χ0v) is 15.0. The highest BCUT2D eigenvalue weighted by Crippen LogP contribution is 2.44. The number of benzene rings is 1. The van der Waals surface area contributed by atoms with Crippen molar-refractivity contribution in [3.8, 4) is 16.9 Å². The summed E-state index contributed by atoms with van der Waals surface area (Å²) < 4.78 is 0. The van der Waals surface area contributed by atoms with Gasteiger partial charge >= 0.3 is 0 Å². The number of aromatic hydroxyl groups is 1. The topological polar surface area (TPSA) is 20.2 Å². The number of phenols is 1. The van der Waals surface area contributed by atoms with Gasteiger partial charge in [0.25, 0.3) is 0 Å². The first-order chi connectivity index (χ1) is 11.2. The van der Waals surface area contributed by atoms with Crippen molar-refractivity contribution in [1.29, 1.82) is 0 Å². The smallest absolute Gasteiger partial charge is 0.115 e. The van der Waals surface area contributed by atoms with Gasteiger partial charge in [0.05, 0.1) is 0 Å². The van der Waals surface area contributed by atoms with Crippen LogP contribution in [0.15, 0.2) is 18.2 Å². The molecule has 3 rings (SSSR count). The molecular weight excluding hydrogens is 300 g/mol. The lowest BCUT2D eigenvalue weighted by Gasteiger charge is -2.36. The van der Waals surface area contributed by atoms with Crippen molar-refractivity contribution >= 4 is 12.6 Å².